The Labute approximate surface area is 201 Å². The number of rotatable bonds is 7. The van der Waals surface area contributed by atoms with Crippen molar-refractivity contribution in [1.29, 1.82) is 0 Å². The van der Waals surface area contributed by atoms with Crippen molar-refractivity contribution in [2.24, 2.45) is 5.73 Å². The third-order valence-electron chi connectivity index (χ3n) is 4.89. The monoisotopic (exact) mass is 494 g/mol. The van der Waals surface area contributed by atoms with Crippen LogP contribution in [0.5, 0.6) is 0 Å². The van der Waals surface area contributed by atoms with Gasteiger partial charge in [-0.25, -0.2) is 22.5 Å². The number of benzene rings is 2. The van der Waals surface area contributed by atoms with Crippen molar-refractivity contribution >= 4 is 33.5 Å². The van der Waals surface area contributed by atoms with E-state index in [1.807, 2.05) is 36.6 Å². The Balaban J connectivity index is 0.00000385. The van der Waals surface area contributed by atoms with E-state index in [9.17, 15) is 12.8 Å². The number of allylic oxidation sites excluding steroid dienone is 1. The van der Waals surface area contributed by atoms with Gasteiger partial charge in [0.05, 0.1) is 22.5 Å². The number of hydrogen-bond donors (Lipinski definition) is 2. The highest BCUT2D eigenvalue weighted by molar-refractivity contribution is 7.89. The molecule has 0 atom stereocenters. The minimum Gasteiger partial charge on any atom is -0.327 e. The highest BCUT2D eigenvalue weighted by Gasteiger charge is 2.22. The number of sulfonamides is 1. The van der Waals surface area contributed by atoms with Crippen molar-refractivity contribution in [2.75, 3.05) is 6.54 Å². The van der Waals surface area contributed by atoms with Crippen LogP contribution < -0.4 is 10.5 Å². The van der Waals surface area contributed by atoms with E-state index in [2.05, 4.69) is 4.72 Å². The molecule has 1 heterocycles. The Morgan fingerprint density at radius 3 is 2.36 bits per heavy atom. The van der Waals surface area contributed by atoms with Crippen LogP contribution in [0.3, 0.4) is 0 Å². The highest BCUT2D eigenvalue weighted by atomic mass is 35.5. The number of fused-ring (bicyclic) bond motifs is 1. The first-order valence-corrected chi connectivity index (χ1v) is 12.1. The maximum absolute atomic E-state index is 14.3. The van der Waals surface area contributed by atoms with Crippen LogP contribution in [0.15, 0.2) is 59.3 Å². The van der Waals surface area contributed by atoms with Crippen molar-refractivity contribution in [3.8, 4) is 11.1 Å². The number of halogens is 2. The van der Waals surface area contributed by atoms with Gasteiger partial charge in [0.25, 0.3) is 0 Å². The van der Waals surface area contributed by atoms with Crippen LogP contribution in [0.2, 0.25) is 0 Å². The van der Waals surface area contributed by atoms with E-state index in [1.165, 1.54) is 6.08 Å². The van der Waals surface area contributed by atoms with Crippen molar-refractivity contribution in [1.82, 2.24) is 14.3 Å². The summed E-state index contributed by atoms with van der Waals surface area (Å²) in [5.74, 6) is 0.568. The van der Waals surface area contributed by atoms with Crippen molar-refractivity contribution < 1.29 is 12.8 Å². The lowest BCUT2D eigenvalue weighted by Crippen LogP contribution is -2.40. The standard InChI is InChI=1S/C24H31FN4O2S.ClH/c1-16(2)23-27-22-20(7-6-8-21(22)29(23)15-18(25)13-14-26)17-9-11-19(12-10-17)32(30,31)28-24(3,4)5;/h6-13,16,28H,14-15,26H2,1-5H3;1H. The van der Waals surface area contributed by atoms with Crippen LogP contribution in [0.4, 0.5) is 4.39 Å². The van der Waals surface area contributed by atoms with Gasteiger partial charge in [-0.2, -0.15) is 0 Å². The molecule has 1 aromatic heterocycles. The molecule has 0 radical (unpaired) electrons. The van der Waals surface area contributed by atoms with E-state index in [0.717, 1.165) is 28.0 Å². The third kappa shape index (κ3) is 6.20. The van der Waals surface area contributed by atoms with E-state index in [1.54, 1.807) is 45.0 Å². The molecule has 6 nitrogen and oxygen atoms in total. The van der Waals surface area contributed by atoms with Crippen LogP contribution in [0, 0.1) is 0 Å². The lowest BCUT2D eigenvalue weighted by Gasteiger charge is -2.20. The lowest BCUT2D eigenvalue weighted by molar-refractivity contribution is 0.491. The second kappa shape index (κ2) is 10.3. The first-order valence-electron chi connectivity index (χ1n) is 10.6. The highest BCUT2D eigenvalue weighted by Crippen LogP contribution is 2.32. The van der Waals surface area contributed by atoms with Gasteiger partial charge < -0.3 is 10.3 Å². The third-order valence-corrected chi connectivity index (χ3v) is 6.66. The van der Waals surface area contributed by atoms with Gasteiger partial charge in [0.2, 0.25) is 10.0 Å². The zero-order chi connectivity index (χ0) is 23.7. The van der Waals surface area contributed by atoms with Crippen LogP contribution >= 0.6 is 12.4 Å². The molecule has 9 heteroatoms. The summed E-state index contributed by atoms with van der Waals surface area (Å²) in [6, 6.07) is 12.5. The largest absolute Gasteiger partial charge is 0.327 e. The van der Waals surface area contributed by atoms with Crippen LogP contribution in [0.25, 0.3) is 22.2 Å². The van der Waals surface area contributed by atoms with Gasteiger partial charge >= 0.3 is 0 Å². The zero-order valence-electron chi connectivity index (χ0n) is 19.6. The number of nitrogens with two attached hydrogens (primary N) is 1. The van der Waals surface area contributed by atoms with Gasteiger partial charge in [0.15, 0.2) is 0 Å². The fourth-order valence-electron chi connectivity index (χ4n) is 3.62. The predicted molar refractivity (Wildman–Crippen MR) is 135 cm³/mol. The fraction of sp³-hybridized carbons (Fsp3) is 0.375. The number of para-hydroxylation sites is 1. The molecule has 0 spiro atoms. The molecule has 33 heavy (non-hydrogen) atoms. The van der Waals surface area contributed by atoms with Crippen LogP contribution in [0.1, 0.15) is 46.4 Å². The first kappa shape index (κ1) is 27.0. The minimum absolute atomic E-state index is 0. The van der Waals surface area contributed by atoms with Gasteiger partial charge in [-0.15, -0.1) is 12.4 Å². The number of nitrogens with one attached hydrogen (secondary N) is 1. The van der Waals surface area contributed by atoms with Gasteiger partial charge in [-0.1, -0.05) is 38.1 Å². The number of imidazole rings is 1. The van der Waals surface area contributed by atoms with Crippen molar-refractivity contribution in [3.63, 3.8) is 0 Å². The van der Waals surface area contributed by atoms with E-state index in [4.69, 9.17) is 10.7 Å². The van der Waals surface area contributed by atoms with Gasteiger partial charge in [0.1, 0.15) is 11.7 Å². The Morgan fingerprint density at radius 2 is 1.82 bits per heavy atom. The topological polar surface area (TPSA) is 90.0 Å². The molecule has 0 amide bonds. The summed E-state index contributed by atoms with van der Waals surface area (Å²) >= 11 is 0. The summed E-state index contributed by atoms with van der Waals surface area (Å²) in [5, 5.41) is 0. The quantitative estimate of drug-likeness (QED) is 0.476. The second-order valence-corrected chi connectivity index (χ2v) is 10.8. The molecule has 0 fully saturated rings. The molecule has 0 aliphatic carbocycles. The molecule has 180 valence electrons. The number of hydrogen-bond acceptors (Lipinski definition) is 4. The van der Waals surface area contributed by atoms with Gasteiger partial charge in [-0.3, -0.25) is 0 Å². The molecule has 3 aromatic rings. The summed E-state index contributed by atoms with van der Waals surface area (Å²) in [6.07, 6.45) is 1.37. The van der Waals surface area contributed by atoms with Crippen molar-refractivity contribution in [3.05, 3.63) is 60.2 Å². The lowest BCUT2D eigenvalue weighted by atomic mass is 10.0. The molecule has 0 saturated heterocycles. The molecule has 0 saturated carbocycles. The summed E-state index contributed by atoms with van der Waals surface area (Å²) in [4.78, 5) is 5.03. The smallest absolute Gasteiger partial charge is 0.241 e. The predicted octanol–water partition coefficient (Wildman–Crippen LogP) is 5.14. The Hall–Kier alpha value is -2.26. The maximum Gasteiger partial charge on any atom is 0.241 e. The number of nitrogens with zero attached hydrogens (tertiary/aromatic N) is 2. The second-order valence-electron chi connectivity index (χ2n) is 9.15. The summed E-state index contributed by atoms with van der Waals surface area (Å²) in [5.41, 5.74) is 8.15. The summed E-state index contributed by atoms with van der Waals surface area (Å²) in [7, 11) is -3.62. The van der Waals surface area contributed by atoms with Crippen LogP contribution in [-0.4, -0.2) is 30.1 Å². The summed E-state index contributed by atoms with van der Waals surface area (Å²) < 4.78 is 44.1. The molecular weight excluding hydrogens is 463 g/mol. The van der Waals surface area contributed by atoms with E-state index in [-0.39, 0.29) is 42.1 Å². The molecule has 3 N–H and O–H groups in total. The van der Waals surface area contributed by atoms with E-state index in [0.29, 0.717) is 0 Å². The summed E-state index contributed by atoms with van der Waals surface area (Å²) in [6.45, 7) is 9.64. The van der Waals surface area contributed by atoms with Crippen molar-refractivity contribution in [2.45, 2.75) is 57.5 Å². The molecule has 0 aliphatic heterocycles. The molecule has 0 unspecified atom stereocenters. The van der Waals surface area contributed by atoms with Gasteiger partial charge in [-0.05, 0) is 50.6 Å². The first-order chi connectivity index (χ1) is 14.9. The molecule has 0 aliphatic rings. The van der Waals surface area contributed by atoms with Gasteiger partial charge in [0, 0.05) is 23.6 Å². The van der Waals surface area contributed by atoms with E-state index < -0.39 is 15.6 Å². The normalized spacial score (nSPS) is 12.9. The molecule has 2 aromatic carbocycles. The average molecular weight is 495 g/mol. The Bertz CT molecular complexity index is 1240. The maximum atomic E-state index is 14.3. The average Bonchev–Trinajstić information content (AvgIpc) is 3.05. The molecular formula is C24H32ClFN4O2S. The molecule has 0 bridgehead atoms. The fourth-order valence-corrected chi connectivity index (χ4v) is 5.04. The molecule has 3 rings (SSSR count). The SMILES string of the molecule is CC(C)c1nc2c(-c3ccc(S(=O)(=O)NC(C)(C)C)cc3)cccc2n1CC(F)=CCN.Cl. The Morgan fingerprint density at radius 1 is 1.18 bits per heavy atom. The van der Waals surface area contributed by atoms with Crippen LogP contribution in [-0.2, 0) is 16.6 Å². The Kier molecular flexibility index (Phi) is 8.46. The minimum atomic E-state index is -3.62. The number of aromatic nitrogens is 2. The zero-order valence-corrected chi connectivity index (χ0v) is 21.2. The van der Waals surface area contributed by atoms with E-state index >= 15 is 0 Å².